The van der Waals surface area contributed by atoms with Gasteiger partial charge in [-0.25, -0.2) is 4.79 Å². The molecule has 0 saturated carbocycles. The van der Waals surface area contributed by atoms with Gasteiger partial charge in [0.05, 0.1) is 12.6 Å². The maximum Gasteiger partial charge on any atom is 0.326 e. The van der Waals surface area contributed by atoms with Gasteiger partial charge in [0.2, 0.25) is 23.6 Å². The Kier molecular flexibility index (Phi) is 7.73. The zero-order valence-electron chi connectivity index (χ0n) is 15.6. The van der Waals surface area contributed by atoms with Gasteiger partial charge >= 0.3 is 5.97 Å². The van der Waals surface area contributed by atoms with Crippen molar-refractivity contribution >= 4 is 29.6 Å². The molecule has 6 N–H and O–H groups in total. The molecule has 11 nitrogen and oxygen atoms in total. The van der Waals surface area contributed by atoms with Crippen molar-refractivity contribution in [1.82, 2.24) is 20.9 Å². The SMILES string of the molecule is NC(=O)CCC(NC(=O)C1CCCN1)C(=O)NCC(=O)N1CCCC1C(=O)O. The smallest absolute Gasteiger partial charge is 0.326 e. The second-order valence-corrected chi connectivity index (χ2v) is 7.02. The van der Waals surface area contributed by atoms with Crippen molar-refractivity contribution in [3.8, 4) is 0 Å². The summed E-state index contributed by atoms with van der Waals surface area (Å²) in [7, 11) is 0. The lowest BCUT2D eigenvalue weighted by atomic mass is 10.1. The Balaban J connectivity index is 1.91. The van der Waals surface area contributed by atoms with Gasteiger partial charge in [0, 0.05) is 13.0 Å². The van der Waals surface area contributed by atoms with Crippen LogP contribution in [0, 0.1) is 0 Å². The zero-order valence-corrected chi connectivity index (χ0v) is 15.6. The number of nitrogens with one attached hydrogen (secondary N) is 3. The summed E-state index contributed by atoms with van der Waals surface area (Å²) in [6.45, 7) is 0.652. The standard InChI is InChI=1S/C17H27N5O6/c18-13(23)6-5-11(21-16(26)10-3-1-7-19-10)15(25)20-9-14(24)22-8-2-4-12(22)17(27)28/h10-12,19H,1-9H2,(H2,18,23)(H,20,25)(H,21,26)(H,27,28). The number of rotatable bonds is 9. The van der Waals surface area contributed by atoms with Gasteiger partial charge < -0.3 is 31.7 Å². The van der Waals surface area contributed by atoms with Crippen LogP contribution in [0.4, 0.5) is 0 Å². The Bertz CT molecular complexity index is 634. The number of nitrogens with two attached hydrogens (primary N) is 1. The summed E-state index contributed by atoms with van der Waals surface area (Å²) in [5, 5.41) is 17.2. The first kappa shape index (κ1) is 21.6. The van der Waals surface area contributed by atoms with E-state index >= 15 is 0 Å². The zero-order chi connectivity index (χ0) is 20.7. The van der Waals surface area contributed by atoms with Crippen molar-refractivity contribution in [2.75, 3.05) is 19.6 Å². The van der Waals surface area contributed by atoms with Gasteiger partial charge in [-0.05, 0) is 38.6 Å². The van der Waals surface area contributed by atoms with Gasteiger partial charge in [-0.15, -0.1) is 0 Å². The van der Waals surface area contributed by atoms with Gasteiger partial charge in [-0.1, -0.05) is 0 Å². The van der Waals surface area contributed by atoms with Gasteiger partial charge in [0.1, 0.15) is 12.1 Å². The van der Waals surface area contributed by atoms with E-state index in [0.717, 1.165) is 6.42 Å². The monoisotopic (exact) mass is 397 g/mol. The molecule has 2 aliphatic rings. The van der Waals surface area contributed by atoms with E-state index in [-0.39, 0.29) is 25.3 Å². The molecule has 2 heterocycles. The molecule has 2 fully saturated rings. The number of hydrogen-bond donors (Lipinski definition) is 5. The Morgan fingerprint density at radius 1 is 1.18 bits per heavy atom. The van der Waals surface area contributed by atoms with Crippen molar-refractivity contribution < 1.29 is 29.1 Å². The molecule has 0 aliphatic carbocycles. The molecule has 2 saturated heterocycles. The average molecular weight is 397 g/mol. The molecule has 28 heavy (non-hydrogen) atoms. The molecule has 0 aromatic carbocycles. The number of likely N-dealkylation sites (tertiary alicyclic amines) is 1. The molecule has 0 aromatic heterocycles. The molecular formula is C17H27N5O6. The number of nitrogens with zero attached hydrogens (tertiary/aromatic N) is 1. The second kappa shape index (κ2) is 10.0. The maximum atomic E-state index is 12.5. The number of carboxylic acids is 1. The van der Waals surface area contributed by atoms with E-state index in [4.69, 9.17) is 10.8 Å². The highest BCUT2D eigenvalue weighted by Gasteiger charge is 2.34. The summed E-state index contributed by atoms with van der Waals surface area (Å²) in [6, 6.07) is -2.29. The van der Waals surface area contributed by atoms with Crippen LogP contribution in [0.3, 0.4) is 0 Å². The maximum absolute atomic E-state index is 12.5. The van der Waals surface area contributed by atoms with Crippen LogP contribution in [0.2, 0.25) is 0 Å². The lowest BCUT2D eigenvalue weighted by Crippen LogP contribution is -2.53. The number of hydrogen-bond acceptors (Lipinski definition) is 6. The highest BCUT2D eigenvalue weighted by Crippen LogP contribution is 2.17. The average Bonchev–Trinajstić information content (AvgIpc) is 3.34. The molecular weight excluding hydrogens is 370 g/mol. The Labute approximate surface area is 162 Å². The molecule has 4 amide bonds. The normalized spacial score (nSPS) is 22.5. The lowest BCUT2D eigenvalue weighted by molar-refractivity contribution is -0.148. The second-order valence-electron chi connectivity index (χ2n) is 7.02. The summed E-state index contributed by atoms with van der Waals surface area (Å²) < 4.78 is 0. The van der Waals surface area contributed by atoms with Gasteiger partial charge in [0.25, 0.3) is 0 Å². The van der Waals surface area contributed by atoms with E-state index in [2.05, 4.69) is 16.0 Å². The van der Waals surface area contributed by atoms with Crippen LogP contribution in [0.1, 0.15) is 38.5 Å². The molecule has 3 unspecified atom stereocenters. The highest BCUT2D eigenvalue weighted by atomic mass is 16.4. The Hall–Kier alpha value is -2.69. The summed E-state index contributed by atoms with van der Waals surface area (Å²) >= 11 is 0. The fourth-order valence-corrected chi connectivity index (χ4v) is 3.45. The minimum absolute atomic E-state index is 0.00921. The number of carbonyl (C=O) groups excluding carboxylic acids is 4. The van der Waals surface area contributed by atoms with Crippen LogP contribution in [-0.4, -0.2) is 77.4 Å². The number of aliphatic carboxylic acids is 1. The highest BCUT2D eigenvalue weighted by molar-refractivity contribution is 5.93. The Morgan fingerprint density at radius 2 is 1.93 bits per heavy atom. The van der Waals surface area contributed by atoms with E-state index in [9.17, 15) is 24.0 Å². The third-order valence-corrected chi connectivity index (χ3v) is 4.96. The van der Waals surface area contributed by atoms with Crippen LogP contribution in [0.15, 0.2) is 0 Å². The van der Waals surface area contributed by atoms with Crippen LogP contribution in [0.5, 0.6) is 0 Å². The molecule has 2 aliphatic heterocycles. The molecule has 0 spiro atoms. The summed E-state index contributed by atoms with van der Waals surface area (Å²) in [4.78, 5) is 60.4. The summed E-state index contributed by atoms with van der Waals surface area (Å²) in [5.74, 6) is -3.15. The predicted molar refractivity (Wildman–Crippen MR) is 96.8 cm³/mol. The molecule has 3 atom stereocenters. The van der Waals surface area contributed by atoms with Crippen LogP contribution in [0.25, 0.3) is 0 Å². The van der Waals surface area contributed by atoms with Crippen molar-refractivity contribution in [2.45, 2.75) is 56.7 Å². The topological polar surface area (TPSA) is 171 Å². The first-order valence-electron chi connectivity index (χ1n) is 9.41. The number of primary amides is 1. The fraction of sp³-hybridized carbons (Fsp3) is 0.706. The van der Waals surface area contributed by atoms with E-state index in [1.165, 1.54) is 4.90 Å². The largest absolute Gasteiger partial charge is 0.480 e. The molecule has 0 aromatic rings. The molecule has 0 radical (unpaired) electrons. The first-order chi connectivity index (χ1) is 13.3. The molecule has 156 valence electrons. The van der Waals surface area contributed by atoms with Crippen molar-refractivity contribution in [3.63, 3.8) is 0 Å². The van der Waals surface area contributed by atoms with Crippen LogP contribution < -0.4 is 21.7 Å². The third-order valence-electron chi connectivity index (χ3n) is 4.96. The number of amides is 4. The molecule has 2 rings (SSSR count). The van der Waals surface area contributed by atoms with Crippen molar-refractivity contribution in [3.05, 3.63) is 0 Å². The van der Waals surface area contributed by atoms with E-state index in [1.54, 1.807) is 0 Å². The predicted octanol–water partition coefficient (Wildman–Crippen LogP) is -2.32. The third kappa shape index (κ3) is 5.91. The minimum Gasteiger partial charge on any atom is -0.480 e. The number of carbonyl (C=O) groups is 5. The summed E-state index contributed by atoms with van der Waals surface area (Å²) in [6.07, 6.45) is 2.38. The lowest BCUT2D eigenvalue weighted by Gasteiger charge is -2.23. The van der Waals surface area contributed by atoms with Gasteiger partial charge in [-0.2, -0.15) is 0 Å². The molecule has 0 bridgehead atoms. The molecule has 11 heteroatoms. The van der Waals surface area contributed by atoms with E-state index in [0.29, 0.717) is 32.4 Å². The van der Waals surface area contributed by atoms with E-state index in [1.807, 2.05) is 0 Å². The van der Waals surface area contributed by atoms with E-state index < -0.39 is 41.8 Å². The van der Waals surface area contributed by atoms with Crippen LogP contribution >= 0.6 is 0 Å². The van der Waals surface area contributed by atoms with Crippen molar-refractivity contribution in [2.24, 2.45) is 5.73 Å². The quantitative estimate of drug-likeness (QED) is 0.291. The van der Waals surface area contributed by atoms with Gasteiger partial charge in [0.15, 0.2) is 0 Å². The first-order valence-corrected chi connectivity index (χ1v) is 9.41. The van der Waals surface area contributed by atoms with Gasteiger partial charge in [-0.3, -0.25) is 19.2 Å². The summed E-state index contributed by atoms with van der Waals surface area (Å²) in [5.41, 5.74) is 5.13. The fourth-order valence-electron chi connectivity index (χ4n) is 3.45. The van der Waals surface area contributed by atoms with Crippen molar-refractivity contribution in [1.29, 1.82) is 0 Å². The Morgan fingerprint density at radius 3 is 2.54 bits per heavy atom. The minimum atomic E-state index is -1.08. The van der Waals surface area contributed by atoms with Crippen LogP contribution in [-0.2, 0) is 24.0 Å². The number of carboxylic acid groups (broad SMARTS) is 1.